The topological polar surface area (TPSA) is 98.1 Å². The fraction of sp³-hybridized carbons (Fsp3) is 0.214. The summed E-state index contributed by atoms with van der Waals surface area (Å²) in [5.41, 5.74) is 2.73. The second-order valence-electron chi connectivity index (χ2n) is 9.68. The molecule has 3 heterocycles. The van der Waals surface area contributed by atoms with E-state index >= 15 is 0 Å². The largest absolute Gasteiger partial charge is 0.290 e. The quantitative estimate of drug-likeness (QED) is 0.363. The van der Waals surface area contributed by atoms with Crippen molar-refractivity contribution in [3.63, 3.8) is 0 Å². The van der Waals surface area contributed by atoms with Crippen LogP contribution < -0.4 is 0 Å². The van der Waals surface area contributed by atoms with Crippen LogP contribution in [-0.4, -0.2) is 51.3 Å². The summed E-state index contributed by atoms with van der Waals surface area (Å²) in [4.78, 5) is 22.7. The second-order valence-corrected chi connectivity index (χ2v) is 11.6. The summed E-state index contributed by atoms with van der Waals surface area (Å²) < 4.78 is 44.0. The van der Waals surface area contributed by atoms with E-state index in [1.54, 1.807) is 47.3 Å². The molecule has 0 radical (unpaired) electrons. The molecule has 8 nitrogen and oxygen atoms in total. The van der Waals surface area contributed by atoms with Crippen LogP contribution in [0, 0.1) is 18.2 Å². The molecule has 6 rings (SSSR count). The molecule has 38 heavy (non-hydrogen) atoms. The number of rotatable bonds is 5. The summed E-state index contributed by atoms with van der Waals surface area (Å²) >= 11 is 0. The summed E-state index contributed by atoms with van der Waals surface area (Å²) in [5, 5.41) is 4.52. The number of benzene rings is 2. The molecular weight excluding hydrogens is 505 g/mol. The van der Waals surface area contributed by atoms with Crippen LogP contribution in [0.3, 0.4) is 0 Å². The van der Waals surface area contributed by atoms with Crippen molar-refractivity contribution in [3.05, 3.63) is 107 Å². The Balaban J connectivity index is 1.45. The Morgan fingerprint density at radius 2 is 1.82 bits per heavy atom. The van der Waals surface area contributed by atoms with Gasteiger partial charge in [-0.05, 0) is 79.4 Å². The van der Waals surface area contributed by atoms with Crippen LogP contribution in [0.1, 0.15) is 33.9 Å². The normalized spacial score (nSPS) is 19.4. The summed E-state index contributed by atoms with van der Waals surface area (Å²) in [5.74, 6) is -0.626. The maximum absolute atomic E-state index is 14.1. The summed E-state index contributed by atoms with van der Waals surface area (Å²) in [7, 11) is -3.85. The smallest absolute Gasteiger partial charge is 0.243 e. The van der Waals surface area contributed by atoms with Gasteiger partial charge >= 0.3 is 0 Å². The number of halogens is 1. The van der Waals surface area contributed by atoms with Crippen molar-refractivity contribution in [1.29, 1.82) is 0 Å². The number of hydrogen-bond acceptors (Lipinski definition) is 6. The minimum absolute atomic E-state index is 0.0344. The van der Waals surface area contributed by atoms with Gasteiger partial charge in [0.15, 0.2) is 5.82 Å². The Kier molecular flexibility index (Phi) is 5.81. The molecule has 0 saturated carbocycles. The number of aromatic nitrogens is 4. The molecule has 192 valence electrons. The lowest BCUT2D eigenvalue weighted by Gasteiger charge is -2.44. The summed E-state index contributed by atoms with van der Waals surface area (Å²) in [6.45, 7) is 2.04. The van der Waals surface area contributed by atoms with E-state index in [2.05, 4.69) is 15.1 Å². The first-order chi connectivity index (χ1) is 18.3. The van der Waals surface area contributed by atoms with Gasteiger partial charge in [0.05, 0.1) is 27.9 Å². The Morgan fingerprint density at radius 3 is 2.55 bits per heavy atom. The number of piperidine rings is 1. The monoisotopic (exact) mass is 529 g/mol. The number of nitrogens with zero attached hydrogens (tertiary/aromatic N) is 5. The van der Waals surface area contributed by atoms with Gasteiger partial charge in [-0.3, -0.25) is 4.79 Å². The van der Waals surface area contributed by atoms with Crippen molar-refractivity contribution < 1.29 is 17.6 Å². The van der Waals surface area contributed by atoms with Crippen molar-refractivity contribution in [3.8, 4) is 5.69 Å². The standard InChI is InChI=1S/C28H24FN5O3S/c1-19-4-2-5-24(14-19)38(36,37)33-13-10-21-15-25-20(17-32-34(25)23-8-6-22(29)7-9-23)16-28(21,18-33)26(35)27-30-11-3-12-31-27/h2-9,11-12,14-15,17H,10,13,16,18H2,1H3. The maximum Gasteiger partial charge on any atom is 0.243 e. The third-order valence-electron chi connectivity index (χ3n) is 7.28. The first-order valence-corrected chi connectivity index (χ1v) is 13.6. The minimum atomic E-state index is -3.85. The number of hydrogen-bond donors (Lipinski definition) is 0. The molecule has 2 aliphatic rings. The number of fused-ring (bicyclic) bond motifs is 2. The first kappa shape index (κ1) is 24.3. The highest BCUT2D eigenvalue weighted by Crippen LogP contribution is 2.47. The van der Waals surface area contributed by atoms with Crippen molar-refractivity contribution in [2.75, 3.05) is 13.1 Å². The van der Waals surface area contributed by atoms with Crippen LogP contribution in [-0.2, 0) is 16.4 Å². The van der Waals surface area contributed by atoms with E-state index in [4.69, 9.17) is 0 Å². The molecule has 1 unspecified atom stereocenters. The van der Waals surface area contributed by atoms with Crippen LogP contribution in [0.5, 0.6) is 0 Å². The molecule has 1 fully saturated rings. The predicted octanol–water partition coefficient (Wildman–Crippen LogP) is 4.01. The third-order valence-corrected chi connectivity index (χ3v) is 9.12. The highest BCUT2D eigenvalue weighted by atomic mass is 32.2. The molecule has 10 heteroatoms. The van der Waals surface area contributed by atoms with Gasteiger partial charge in [-0.25, -0.2) is 27.5 Å². The minimum Gasteiger partial charge on any atom is -0.290 e. The lowest BCUT2D eigenvalue weighted by molar-refractivity contribution is 0.0764. The van der Waals surface area contributed by atoms with Gasteiger partial charge in [-0.2, -0.15) is 9.40 Å². The van der Waals surface area contributed by atoms with Gasteiger partial charge in [0.25, 0.3) is 0 Å². The number of sulfonamides is 1. The number of carbonyl (C=O) groups is 1. The number of ketones is 1. The van der Waals surface area contributed by atoms with Crippen LogP contribution in [0.15, 0.2) is 83.7 Å². The van der Waals surface area contributed by atoms with Crippen LogP contribution in [0.25, 0.3) is 11.8 Å². The van der Waals surface area contributed by atoms with Crippen molar-refractivity contribution >= 4 is 21.9 Å². The van der Waals surface area contributed by atoms with E-state index in [0.29, 0.717) is 12.1 Å². The zero-order valence-electron chi connectivity index (χ0n) is 20.6. The third kappa shape index (κ3) is 3.97. The highest BCUT2D eigenvalue weighted by molar-refractivity contribution is 7.89. The molecular formula is C28H24FN5O3S. The molecule has 0 bridgehead atoms. The molecule has 1 atom stereocenters. The Bertz CT molecular complexity index is 1680. The molecule has 0 N–H and O–H groups in total. The first-order valence-electron chi connectivity index (χ1n) is 12.2. The molecule has 0 spiro atoms. The van der Waals surface area contributed by atoms with E-state index in [1.807, 2.05) is 19.1 Å². The highest BCUT2D eigenvalue weighted by Gasteiger charge is 2.51. The zero-order chi connectivity index (χ0) is 26.5. The summed E-state index contributed by atoms with van der Waals surface area (Å²) in [6.07, 6.45) is 7.22. The van der Waals surface area contributed by atoms with Crippen molar-refractivity contribution in [2.24, 2.45) is 5.41 Å². The Labute approximate surface area is 219 Å². The van der Waals surface area contributed by atoms with Crippen LogP contribution in [0.2, 0.25) is 0 Å². The van der Waals surface area contributed by atoms with E-state index < -0.39 is 15.4 Å². The average molecular weight is 530 g/mol. The Morgan fingerprint density at radius 1 is 1.05 bits per heavy atom. The van der Waals surface area contributed by atoms with Gasteiger partial charge < -0.3 is 0 Å². The van der Waals surface area contributed by atoms with E-state index in [-0.39, 0.29) is 41.8 Å². The molecule has 2 aromatic heterocycles. The van der Waals surface area contributed by atoms with Crippen LogP contribution >= 0.6 is 0 Å². The zero-order valence-corrected chi connectivity index (χ0v) is 21.4. The molecule has 1 aliphatic carbocycles. The lowest BCUT2D eigenvalue weighted by atomic mass is 9.66. The van der Waals surface area contributed by atoms with Gasteiger partial charge in [-0.15, -0.1) is 0 Å². The van der Waals surface area contributed by atoms with E-state index in [0.717, 1.165) is 22.4 Å². The fourth-order valence-corrected chi connectivity index (χ4v) is 6.97. The molecule has 4 aromatic rings. The molecule has 1 saturated heterocycles. The molecule has 0 amide bonds. The van der Waals surface area contributed by atoms with Crippen molar-refractivity contribution in [1.82, 2.24) is 24.1 Å². The molecule has 2 aromatic carbocycles. The molecule has 1 aliphatic heterocycles. The van der Waals surface area contributed by atoms with Crippen molar-refractivity contribution in [2.45, 2.75) is 24.7 Å². The maximum atomic E-state index is 14.1. The predicted molar refractivity (Wildman–Crippen MR) is 139 cm³/mol. The van der Waals surface area contributed by atoms with E-state index in [9.17, 15) is 17.6 Å². The van der Waals surface area contributed by atoms with Gasteiger partial charge in [0.2, 0.25) is 15.8 Å². The van der Waals surface area contributed by atoms with Gasteiger partial charge in [0, 0.05) is 25.5 Å². The van der Waals surface area contributed by atoms with Gasteiger partial charge in [-0.1, -0.05) is 17.7 Å². The van der Waals surface area contributed by atoms with Gasteiger partial charge in [0.1, 0.15) is 5.82 Å². The Hall–Kier alpha value is -4.02. The second kappa shape index (κ2) is 9.07. The number of carbonyl (C=O) groups excluding carboxylic acids is 1. The SMILES string of the molecule is Cc1cccc(S(=O)(=O)N2CCC3=Cc4c(cnn4-c4ccc(F)cc4)CC3(C(=O)c3ncccn3)C2)c1. The van der Waals surface area contributed by atoms with E-state index in [1.165, 1.54) is 28.8 Å². The average Bonchev–Trinajstić information content (AvgIpc) is 3.34. The fourth-order valence-electron chi connectivity index (χ4n) is 5.36. The number of aryl methyl sites for hydroxylation is 1. The number of Topliss-reactive ketones (excluding diaryl/α,β-unsaturated/α-hetero) is 1. The lowest BCUT2D eigenvalue weighted by Crippen LogP contribution is -2.53. The van der Waals surface area contributed by atoms with Crippen LogP contribution in [0.4, 0.5) is 4.39 Å². The summed E-state index contributed by atoms with van der Waals surface area (Å²) in [6, 6.07) is 14.4.